The molecule has 1 aliphatic rings. The molecule has 0 radical (unpaired) electrons. The molecule has 0 saturated carbocycles. The molecule has 0 spiro atoms. The van der Waals surface area contributed by atoms with Gasteiger partial charge in [0.15, 0.2) is 5.78 Å². The molecule has 26 heavy (non-hydrogen) atoms. The summed E-state index contributed by atoms with van der Waals surface area (Å²) in [7, 11) is 0. The van der Waals surface area contributed by atoms with Crippen LogP contribution in [0.3, 0.4) is 0 Å². The van der Waals surface area contributed by atoms with Crippen molar-refractivity contribution in [1.29, 1.82) is 0 Å². The van der Waals surface area contributed by atoms with E-state index in [1.54, 1.807) is 35.7 Å². The molecule has 1 fully saturated rings. The zero-order chi connectivity index (χ0) is 18.5. The summed E-state index contributed by atoms with van der Waals surface area (Å²) in [6.45, 7) is 2.40. The van der Waals surface area contributed by atoms with E-state index in [4.69, 9.17) is 14.6 Å². The summed E-state index contributed by atoms with van der Waals surface area (Å²) in [6, 6.07) is 8.59. The first kappa shape index (κ1) is 18.6. The van der Waals surface area contributed by atoms with E-state index in [0.29, 0.717) is 35.8 Å². The first-order valence-electron chi connectivity index (χ1n) is 8.41. The molecule has 3 rings (SSSR count). The topological polar surface area (TPSA) is 84.9 Å². The Labute approximate surface area is 155 Å². The monoisotopic (exact) mass is 375 g/mol. The molecule has 1 aliphatic heterocycles. The number of ether oxygens (including phenoxy) is 2. The number of nitrogens with one attached hydrogen (secondary N) is 1. The second-order valence-corrected chi connectivity index (χ2v) is 7.07. The van der Waals surface area contributed by atoms with Crippen LogP contribution in [0.2, 0.25) is 0 Å². The number of hydrogen-bond donors (Lipinski definition) is 2. The smallest absolute Gasteiger partial charge is 0.252 e. The molecule has 2 N–H and O–H groups in total. The number of aliphatic hydroxyl groups is 1. The van der Waals surface area contributed by atoms with Crippen LogP contribution in [0.1, 0.15) is 38.9 Å². The van der Waals surface area contributed by atoms with Crippen LogP contribution in [-0.2, 0) is 11.3 Å². The molecule has 2 atom stereocenters. The van der Waals surface area contributed by atoms with Crippen molar-refractivity contribution < 1.29 is 24.2 Å². The predicted octanol–water partition coefficient (Wildman–Crippen LogP) is 2.41. The lowest BCUT2D eigenvalue weighted by Crippen LogP contribution is -2.51. The molecule has 0 bridgehead atoms. The molecule has 0 unspecified atom stereocenters. The Morgan fingerprint density at radius 3 is 2.77 bits per heavy atom. The Balaban J connectivity index is 1.65. The number of hydrogen-bond acceptors (Lipinski definition) is 6. The number of carbonyl (C=O) groups is 2. The van der Waals surface area contributed by atoms with E-state index < -0.39 is 0 Å². The van der Waals surface area contributed by atoms with E-state index in [2.05, 4.69) is 5.32 Å². The lowest BCUT2D eigenvalue weighted by atomic mass is 10.1. The number of ketones is 1. The summed E-state index contributed by atoms with van der Waals surface area (Å²) >= 11 is 1.27. The number of carbonyl (C=O) groups excluding carboxylic acids is 2. The van der Waals surface area contributed by atoms with Gasteiger partial charge in [-0.3, -0.25) is 9.59 Å². The van der Waals surface area contributed by atoms with E-state index in [1.165, 1.54) is 18.3 Å². The fraction of sp³-hybridized carbons (Fsp3) is 0.368. The van der Waals surface area contributed by atoms with Gasteiger partial charge in [0.05, 0.1) is 29.7 Å². The Morgan fingerprint density at radius 1 is 1.35 bits per heavy atom. The highest BCUT2D eigenvalue weighted by atomic mass is 32.1. The lowest BCUT2D eigenvalue weighted by Gasteiger charge is -2.32. The fourth-order valence-corrected chi connectivity index (χ4v) is 3.52. The van der Waals surface area contributed by atoms with Gasteiger partial charge in [-0.25, -0.2) is 0 Å². The molecular formula is C19H21NO5S. The molecule has 138 valence electrons. The summed E-state index contributed by atoms with van der Waals surface area (Å²) in [5.74, 6) is 0.392. The van der Waals surface area contributed by atoms with Crippen LogP contribution >= 0.6 is 11.3 Å². The number of benzene rings is 1. The maximum atomic E-state index is 12.5. The standard InChI is InChI=1S/C19H21NO5S/c1-12(22)18-8-14(11-26-18)19(23)20-16-6-7-24-10-17(16)25-15-4-2-13(9-21)3-5-15/h2-5,8,11,16-17,21H,6-7,9-10H2,1H3,(H,20,23)/t16-,17-/m1/s1. The molecule has 1 aromatic heterocycles. The maximum absolute atomic E-state index is 12.5. The second-order valence-electron chi connectivity index (χ2n) is 6.16. The molecule has 1 amide bonds. The van der Waals surface area contributed by atoms with Gasteiger partial charge in [0, 0.05) is 12.0 Å². The van der Waals surface area contributed by atoms with Gasteiger partial charge in [-0.1, -0.05) is 12.1 Å². The van der Waals surface area contributed by atoms with Gasteiger partial charge >= 0.3 is 0 Å². The highest BCUT2D eigenvalue weighted by Crippen LogP contribution is 2.20. The second kappa shape index (κ2) is 8.44. The summed E-state index contributed by atoms with van der Waals surface area (Å²) < 4.78 is 11.5. The van der Waals surface area contributed by atoms with Crippen molar-refractivity contribution in [2.75, 3.05) is 13.2 Å². The van der Waals surface area contributed by atoms with Crippen LogP contribution < -0.4 is 10.1 Å². The molecule has 1 aromatic carbocycles. The third-order valence-electron chi connectivity index (χ3n) is 4.22. The first-order chi connectivity index (χ1) is 12.6. The Hall–Kier alpha value is -2.22. The number of amides is 1. The average Bonchev–Trinajstić information content (AvgIpc) is 3.15. The summed E-state index contributed by atoms with van der Waals surface area (Å²) in [5, 5.41) is 13.8. The van der Waals surface area contributed by atoms with E-state index in [1.807, 2.05) is 0 Å². The number of Topliss-reactive ketones (excluding diaryl/α,β-unsaturated/α-hetero) is 1. The fourth-order valence-electron chi connectivity index (χ4n) is 2.73. The van der Waals surface area contributed by atoms with Gasteiger partial charge in [0.2, 0.25) is 0 Å². The van der Waals surface area contributed by atoms with Crippen LogP contribution in [-0.4, -0.2) is 42.2 Å². The number of thiophene rings is 1. The Bertz CT molecular complexity index is 770. The molecule has 2 aromatic rings. The molecule has 6 nitrogen and oxygen atoms in total. The van der Waals surface area contributed by atoms with Crippen LogP contribution in [0, 0.1) is 0 Å². The van der Waals surface area contributed by atoms with Gasteiger partial charge in [-0.2, -0.15) is 0 Å². The van der Waals surface area contributed by atoms with Crippen molar-refractivity contribution in [2.24, 2.45) is 0 Å². The van der Waals surface area contributed by atoms with Gasteiger partial charge < -0.3 is 19.9 Å². The van der Waals surface area contributed by atoms with E-state index in [0.717, 1.165) is 5.56 Å². The van der Waals surface area contributed by atoms with Crippen LogP contribution in [0.5, 0.6) is 5.75 Å². The van der Waals surface area contributed by atoms with Gasteiger partial charge in [-0.15, -0.1) is 11.3 Å². The van der Waals surface area contributed by atoms with Crippen LogP contribution in [0.4, 0.5) is 0 Å². The average molecular weight is 375 g/mol. The molecule has 0 aliphatic carbocycles. The third-order valence-corrected chi connectivity index (χ3v) is 5.25. The molecule has 1 saturated heterocycles. The summed E-state index contributed by atoms with van der Waals surface area (Å²) in [6.07, 6.45) is 0.341. The minimum absolute atomic E-state index is 0.0195. The SMILES string of the molecule is CC(=O)c1cc(C(=O)N[C@@H]2CCOC[C@H]2Oc2ccc(CO)cc2)cs1. The van der Waals surface area contributed by atoms with Crippen molar-refractivity contribution in [3.63, 3.8) is 0 Å². The first-order valence-corrected chi connectivity index (χ1v) is 9.29. The summed E-state index contributed by atoms with van der Waals surface area (Å²) in [5.41, 5.74) is 1.29. The number of rotatable bonds is 6. The Kier molecular flexibility index (Phi) is 6.03. The predicted molar refractivity (Wildman–Crippen MR) is 97.8 cm³/mol. The number of aliphatic hydroxyl groups excluding tert-OH is 1. The zero-order valence-corrected chi connectivity index (χ0v) is 15.3. The van der Waals surface area contributed by atoms with Gasteiger partial charge in [0.25, 0.3) is 5.91 Å². The van der Waals surface area contributed by atoms with E-state index in [-0.39, 0.29) is 30.4 Å². The highest BCUT2D eigenvalue weighted by molar-refractivity contribution is 7.12. The van der Waals surface area contributed by atoms with Crippen molar-refractivity contribution in [3.05, 3.63) is 51.7 Å². The van der Waals surface area contributed by atoms with Gasteiger partial charge in [-0.05, 0) is 37.1 Å². The molecule has 7 heteroatoms. The largest absolute Gasteiger partial charge is 0.486 e. The minimum Gasteiger partial charge on any atom is -0.486 e. The van der Waals surface area contributed by atoms with Crippen LogP contribution in [0.15, 0.2) is 35.7 Å². The van der Waals surface area contributed by atoms with E-state index >= 15 is 0 Å². The Morgan fingerprint density at radius 2 is 2.12 bits per heavy atom. The van der Waals surface area contributed by atoms with Gasteiger partial charge in [0.1, 0.15) is 11.9 Å². The molecule has 2 heterocycles. The summed E-state index contributed by atoms with van der Waals surface area (Å²) in [4.78, 5) is 24.5. The van der Waals surface area contributed by atoms with Crippen molar-refractivity contribution in [2.45, 2.75) is 32.1 Å². The van der Waals surface area contributed by atoms with Crippen molar-refractivity contribution >= 4 is 23.0 Å². The highest BCUT2D eigenvalue weighted by Gasteiger charge is 2.29. The zero-order valence-electron chi connectivity index (χ0n) is 14.4. The normalized spacial score (nSPS) is 19.8. The molecular weight excluding hydrogens is 354 g/mol. The van der Waals surface area contributed by atoms with Crippen LogP contribution in [0.25, 0.3) is 0 Å². The third kappa shape index (κ3) is 4.49. The minimum atomic E-state index is -0.307. The lowest BCUT2D eigenvalue weighted by molar-refractivity contribution is -0.0135. The van der Waals surface area contributed by atoms with Crippen molar-refractivity contribution in [3.8, 4) is 5.75 Å². The van der Waals surface area contributed by atoms with Crippen molar-refractivity contribution in [1.82, 2.24) is 5.32 Å². The van der Waals surface area contributed by atoms with E-state index in [9.17, 15) is 9.59 Å². The maximum Gasteiger partial charge on any atom is 0.252 e. The quantitative estimate of drug-likeness (QED) is 0.758.